The van der Waals surface area contributed by atoms with Gasteiger partial charge in [-0.25, -0.2) is 4.79 Å². The molecule has 16 heteroatoms. The highest BCUT2D eigenvalue weighted by molar-refractivity contribution is 5.94. The number of carboxylic acids is 3. The zero-order valence-electron chi connectivity index (χ0n) is 20.3. The van der Waals surface area contributed by atoms with Gasteiger partial charge in [0, 0.05) is 19.3 Å². The van der Waals surface area contributed by atoms with Crippen molar-refractivity contribution in [2.45, 2.75) is 82.0 Å². The zero-order chi connectivity index (χ0) is 28.5. The molecule has 0 radical (unpaired) electrons. The SMILES string of the molecule is NCCCCC(NC(=O)C(CCC(=O)O)NC(=O)C(CCC(N)=O)NC(=O)C(N)CCC(=O)O)C(=O)O. The molecule has 16 nitrogen and oxygen atoms in total. The highest BCUT2D eigenvalue weighted by atomic mass is 16.4. The molecule has 37 heavy (non-hydrogen) atoms. The number of hydrogen-bond acceptors (Lipinski definition) is 9. The topological polar surface area (TPSA) is 294 Å². The number of primary amides is 1. The van der Waals surface area contributed by atoms with Gasteiger partial charge in [-0.05, 0) is 45.1 Å². The van der Waals surface area contributed by atoms with Crippen molar-refractivity contribution in [3.63, 3.8) is 0 Å². The molecule has 4 unspecified atom stereocenters. The van der Waals surface area contributed by atoms with Gasteiger partial charge < -0.3 is 48.5 Å². The number of nitrogens with two attached hydrogens (primary N) is 3. The van der Waals surface area contributed by atoms with E-state index in [0.717, 1.165) is 0 Å². The summed E-state index contributed by atoms with van der Waals surface area (Å²) in [6, 6.07) is -5.54. The van der Waals surface area contributed by atoms with E-state index >= 15 is 0 Å². The maximum atomic E-state index is 12.9. The molecule has 0 aliphatic carbocycles. The maximum Gasteiger partial charge on any atom is 0.326 e. The van der Waals surface area contributed by atoms with Gasteiger partial charge in [0.25, 0.3) is 0 Å². The van der Waals surface area contributed by atoms with Gasteiger partial charge >= 0.3 is 17.9 Å². The lowest BCUT2D eigenvalue weighted by atomic mass is 10.0. The van der Waals surface area contributed by atoms with E-state index in [2.05, 4.69) is 16.0 Å². The molecule has 0 aliphatic heterocycles. The van der Waals surface area contributed by atoms with Crippen LogP contribution in [0, 0.1) is 0 Å². The Morgan fingerprint density at radius 3 is 1.54 bits per heavy atom. The average Bonchev–Trinajstić information content (AvgIpc) is 2.81. The van der Waals surface area contributed by atoms with Gasteiger partial charge in [-0.3, -0.25) is 28.8 Å². The van der Waals surface area contributed by atoms with Crippen LogP contribution in [-0.4, -0.2) is 87.6 Å². The summed E-state index contributed by atoms with van der Waals surface area (Å²) in [4.78, 5) is 82.5. The zero-order valence-corrected chi connectivity index (χ0v) is 20.3. The Morgan fingerprint density at radius 2 is 1.08 bits per heavy atom. The standard InChI is InChI=1S/C21H36N6O10/c22-10-2-1-3-14(21(36)37)27-20(35)13(6-9-17(31)32)26-19(34)12(5-7-15(24)28)25-18(33)11(23)4-8-16(29)30/h11-14H,1-10,22-23H2,(H2,24,28)(H,25,33)(H,26,34)(H,27,35)(H,29,30)(H,31,32)(H,36,37). The Hall–Kier alpha value is -3.79. The van der Waals surface area contributed by atoms with Gasteiger partial charge in [0.15, 0.2) is 0 Å². The summed E-state index contributed by atoms with van der Waals surface area (Å²) in [6.45, 7) is 0.315. The Balaban J connectivity index is 5.59. The molecule has 0 saturated carbocycles. The third-order valence-corrected chi connectivity index (χ3v) is 5.16. The van der Waals surface area contributed by atoms with Crippen LogP contribution >= 0.6 is 0 Å². The lowest BCUT2D eigenvalue weighted by molar-refractivity contribution is -0.143. The van der Waals surface area contributed by atoms with Crippen molar-refractivity contribution in [1.29, 1.82) is 0 Å². The summed E-state index contributed by atoms with van der Waals surface area (Å²) in [5.41, 5.74) is 16.1. The minimum Gasteiger partial charge on any atom is -0.481 e. The Kier molecular flexibility index (Phi) is 15.8. The van der Waals surface area contributed by atoms with E-state index in [4.69, 9.17) is 27.4 Å². The Bertz CT molecular complexity index is 837. The fourth-order valence-electron chi connectivity index (χ4n) is 3.08. The lowest BCUT2D eigenvalue weighted by Crippen LogP contribution is -2.57. The van der Waals surface area contributed by atoms with Gasteiger partial charge in [0.05, 0.1) is 6.04 Å². The highest BCUT2D eigenvalue weighted by Crippen LogP contribution is 2.07. The molecular weight excluding hydrogens is 496 g/mol. The minimum absolute atomic E-state index is 0.0450. The van der Waals surface area contributed by atoms with Crippen LogP contribution in [0.4, 0.5) is 0 Å². The van der Waals surface area contributed by atoms with Gasteiger partial charge in [0.2, 0.25) is 23.6 Å². The molecule has 0 bridgehead atoms. The molecule has 4 atom stereocenters. The van der Waals surface area contributed by atoms with Gasteiger partial charge in [-0.2, -0.15) is 0 Å². The number of rotatable bonds is 20. The van der Waals surface area contributed by atoms with Crippen molar-refractivity contribution in [3.8, 4) is 0 Å². The summed E-state index contributed by atoms with van der Waals surface area (Å²) in [7, 11) is 0. The van der Waals surface area contributed by atoms with Crippen molar-refractivity contribution in [3.05, 3.63) is 0 Å². The second-order valence-electron chi connectivity index (χ2n) is 8.28. The summed E-state index contributed by atoms with van der Waals surface area (Å²) in [5, 5.41) is 33.9. The number of aliphatic carboxylic acids is 3. The fraction of sp³-hybridized carbons (Fsp3) is 0.667. The summed E-state index contributed by atoms with van der Waals surface area (Å²) in [5.74, 6) is -7.47. The van der Waals surface area contributed by atoms with Gasteiger partial charge in [-0.1, -0.05) is 0 Å². The van der Waals surface area contributed by atoms with E-state index in [0.29, 0.717) is 19.4 Å². The molecule has 0 aliphatic rings. The molecule has 0 aromatic heterocycles. The molecule has 12 N–H and O–H groups in total. The molecule has 0 aromatic carbocycles. The molecule has 0 rings (SSSR count). The number of carbonyl (C=O) groups is 7. The molecule has 0 spiro atoms. The first kappa shape index (κ1) is 33.2. The van der Waals surface area contributed by atoms with Crippen molar-refractivity contribution < 1.29 is 48.9 Å². The van der Waals surface area contributed by atoms with Crippen molar-refractivity contribution in [2.24, 2.45) is 17.2 Å². The van der Waals surface area contributed by atoms with E-state index in [9.17, 15) is 38.7 Å². The second kappa shape index (κ2) is 17.6. The first-order chi connectivity index (χ1) is 17.3. The van der Waals surface area contributed by atoms with Crippen LogP contribution < -0.4 is 33.2 Å². The fourth-order valence-corrected chi connectivity index (χ4v) is 3.08. The summed E-state index contributed by atoms with van der Waals surface area (Å²) >= 11 is 0. The summed E-state index contributed by atoms with van der Waals surface area (Å²) < 4.78 is 0. The van der Waals surface area contributed by atoms with E-state index in [1.54, 1.807) is 0 Å². The number of carboxylic acid groups (broad SMARTS) is 3. The van der Waals surface area contributed by atoms with Crippen LogP contribution in [0.5, 0.6) is 0 Å². The molecular formula is C21H36N6O10. The summed E-state index contributed by atoms with van der Waals surface area (Å²) in [6.07, 6.45) is -1.32. The van der Waals surface area contributed by atoms with Gasteiger partial charge in [-0.15, -0.1) is 0 Å². The smallest absolute Gasteiger partial charge is 0.326 e. The molecule has 210 valence electrons. The largest absolute Gasteiger partial charge is 0.481 e. The van der Waals surface area contributed by atoms with Crippen LogP contribution in [0.3, 0.4) is 0 Å². The monoisotopic (exact) mass is 532 g/mol. The van der Waals surface area contributed by atoms with Crippen LogP contribution in [-0.2, 0) is 33.6 Å². The molecule has 0 heterocycles. The van der Waals surface area contributed by atoms with Crippen molar-refractivity contribution in [2.75, 3.05) is 6.54 Å². The normalized spacial score (nSPS) is 13.9. The molecule has 0 fully saturated rings. The first-order valence-electron chi connectivity index (χ1n) is 11.6. The highest BCUT2D eigenvalue weighted by Gasteiger charge is 2.30. The van der Waals surface area contributed by atoms with E-state index < -0.39 is 85.0 Å². The van der Waals surface area contributed by atoms with Crippen LogP contribution in [0.25, 0.3) is 0 Å². The minimum atomic E-state index is -1.49. The van der Waals surface area contributed by atoms with E-state index in [1.807, 2.05) is 0 Å². The van der Waals surface area contributed by atoms with E-state index in [1.165, 1.54) is 0 Å². The number of amides is 4. The Labute approximate surface area is 212 Å². The lowest BCUT2D eigenvalue weighted by Gasteiger charge is -2.25. The number of hydrogen-bond donors (Lipinski definition) is 9. The second-order valence-corrected chi connectivity index (χ2v) is 8.28. The predicted molar refractivity (Wildman–Crippen MR) is 126 cm³/mol. The van der Waals surface area contributed by atoms with Crippen LogP contribution in [0.1, 0.15) is 57.8 Å². The van der Waals surface area contributed by atoms with Crippen LogP contribution in [0.15, 0.2) is 0 Å². The van der Waals surface area contributed by atoms with Crippen molar-refractivity contribution in [1.82, 2.24) is 16.0 Å². The van der Waals surface area contributed by atoms with Crippen LogP contribution in [0.2, 0.25) is 0 Å². The third-order valence-electron chi connectivity index (χ3n) is 5.16. The first-order valence-corrected chi connectivity index (χ1v) is 11.6. The molecule has 4 amide bonds. The number of nitrogens with one attached hydrogen (secondary N) is 3. The maximum absolute atomic E-state index is 12.9. The third kappa shape index (κ3) is 15.0. The van der Waals surface area contributed by atoms with Gasteiger partial charge in [0.1, 0.15) is 18.1 Å². The number of unbranched alkanes of at least 4 members (excludes halogenated alkanes) is 1. The quantitative estimate of drug-likeness (QED) is 0.0708. The van der Waals surface area contributed by atoms with E-state index in [-0.39, 0.29) is 25.7 Å². The predicted octanol–water partition coefficient (Wildman–Crippen LogP) is -3.02. The number of carbonyl (C=O) groups excluding carboxylic acids is 4. The Morgan fingerprint density at radius 1 is 0.622 bits per heavy atom. The molecule has 0 aromatic rings. The average molecular weight is 533 g/mol. The van der Waals surface area contributed by atoms with Crippen molar-refractivity contribution >= 4 is 41.5 Å². The molecule has 0 saturated heterocycles.